The van der Waals surface area contributed by atoms with E-state index in [1.54, 1.807) is 0 Å². The predicted molar refractivity (Wildman–Crippen MR) is 45.8 cm³/mol. The number of nitrogens with two attached hydrogens (primary N) is 1. The summed E-state index contributed by atoms with van der Waals surface area (Å²) < 4.78 is 2.34. The van der Waals surface area contributed by atoms with Crippen molar-refractivity contribution in [3.63, 3.8) is 0 Å². The molecule has 0 aliphatic rings. The van der Waals surface area contributed by atoms with Crippen LogP contribution in [0, 0.1) is 0 Å². The minimum atomic E-state index is 0.642. The molecule has 1 aromatic carbocycles. The topological polar surface area (TPSA) is 29.3 Å². The summed E-state index contributed by atoms with van der Waals surface area (Å²) in [6, 6.07) is 8.49. The summed E-state index contributed by atoms with van der Waals surface area (Å²) in [5.41, 5.74) is 8.14. The van der Waals surface area contributed by atoms with Gasteiger partial charge in [0.15, 0.2) is 0 Å². The van der Waals surface area contributed by atoms with Gasteiger partial charge in [0.05, 0.1) is 0 Å². The van der Waals surface area contributed by atoms with Gasteiger partial charge in [-0.25, -0.2) is 0 Å². The number of hydrogen-bond donors (Lipinski definition) is 1. The predicted octanol–water partition coefficient (Wildman–Crippen LogP) is 1.04. The van der Waals surface area contributed by atoms with Crippen molar-refractivity contribution in [1.29, 1.82) is 0 Å². The summed E-state index contributed by atoms with van der Waals surface area (Å²) in [7, 11) is 2.15. The van der Waals surface area contributed by atoms with E-state index in [9.17, 15) is 0 Å². The van der Waals surface area contributed by atoms with Crippen molar-refractivity contribution in [2.45, 2.75) is 13.1 Å². The first-order chi connectivity index (χ1) is 5.72. The quantitative estimate of drug-likeness (QED) is 0.826. The van der Waals surface area contributed by atoms with Crippen molar-refractivity contribution in [3.8, 4) is 0 Å². The monoisotopic (exact) mass is 351 g/mol. The second-order valence-corrected chi connectivity index (χ2v) is 7.24. The summed E-state index contributed by atoms with van der Waals surface area (Å²) in [5.74, 6) is 0. The molecule has 0 aliphatic carbocycles. The average Bonchev–Trinajstić information content (AvgIpc) is 2.03. The zero-order chi connectivity index (χ0) is 8.97. The van der Waals surface area contributed by atoms with E-state index in [-0.39, 0.29) is 0 Å². The standard InChI is InChI=1S/C9H13N2.Hg/c1-11-7-9-4-2-3-8(5-9)6-10;/h2-5H,6-7,10H2,1H3;/q-1;+1. The first-order valence-corrected chi connectivity index (χ1v) is 6.48. The summed E-state index contributed by atoms with van der Waals surface area (Å²) >= 11 is 0.722. The molecule has 0 atom stereocenters. The third-order valence-corrected chi connectivity index (χ3v) is 2.55. The molecule has 1 rings (SSSR count). The van der Waals surface area contributed by atoms with E-state index in [4.69, 9.17) is 5.73 Å². The zero-order valence-corrected chi connectivity index (χ0v) is 13.0. The third kappa shape index (κ3) is 3.21. The van der Waals surface area contributed by atoms with Crippen molar-refractivity contribution < 1.29 is 26.4 Å². The van der Waals surface area contributed by atoms with Crippen molar-refractivity contribution in [1.82, 2.24) is 2.66 Å². The Labute approximate surface area is 90.1 Å². The van der Waals surface area contributed by atoms with E-state index >= 15 is 0 Å². The van der Waals surface area contributed by atoms with E-state index < -0.39 is 0 Å². The molecule has 0 amide bonds. The Morgan fingerprint density at radius 3 is 2.67 bits per heavy atom. The van der Waals surface area contributed by atoms with E-state index in [0.29, 0.717) is 6.54 Å². The van der Waals surface area contributed by atoms with Gasteiger partial charge >= 0.3 is 90.3 Å². The number of nitrogens with zero attached hydrogens (tertiary/aromatic N) is 1. The molecule has 0 bridgehead atoms. The number of rotatable bonds is 3. The average molecular weight is 350 g/mol. The maximum atomic E-state index is 5.55. The molecule has 0 saturated heterocycles. The van der Waals surface area contributed by atoms with Gasteiger partial charge in [-0.1, -0.05) is 0 Å². The molecule has 1 aromatic rings. The van der Waals surface area contributed by atoms with Gasteiger partial charge < -0.3 is 0 Å². The van der Waals surface area contributed by atoms with Crippen molar-refractivity contribution in [2.75, 3.05) is 7.05 Å². The summed E-state index contributed by atoms with van der Waals surface area (Å²) in [5, 5.41) is 0. The van der Waals surface area contributed by atoms with Gasteiger partial charge in [-0.15, -0.1) is 0 Å². The van der Waals surface area contributed by atoms with Crippen LogP contribution in [0.3, 0.4) is 0 Å². The molecule has 0 heterocycles. The van der Waals surface area contributed by atoms with Crippen LogP contribution in [0.4, 0.5) is 0 Å². The molecule has 2 N–H and O–H groups in total. The number of hydrogen-bond acceptors (Lipinski definition) is 2. The zero-order valence-electron chi connectivity index (χ0n) is 7.46. The van der Waals surface area contributed by atoms with Crippen LogP contribution in [0.25, 0.3) is 0 Å². The van der Waals surface area contributed by atoms with Gasteiger partial charge in [0, 0.05) is 0 Å². The third-order valence-electron chi connectivity index (χ3n) is 1.68. The molecule has 0 unspecified atom stereocenters. The van der Waals surface area contributed by atoms with Gasteiger partial charge in [-0.2, -0.15) is 0 Å². The van der Waals surface area contributed by atoms with Crippen LogP contribution in [0.5, 0.6) is 0 Å². The Balaban J connectivity index is 2.72. The van der Waals surface area contributed by atoms with Gasteiger partial charge in [0.1, 0.15) is 0 Å². The van der Waals surface area contributed by atoms with E-state index in [1.807, 2.05) is 0 Å². The Kier molecular flexibility index (Phi) is 4.19. The molecule has 0 fully saturated rings. The molecule has 12 heavy (non-hydrogen) atoms. The van der Waals surface area contributed by atoms with Crippen molar-refractivity contribution in [2.24, 2.45) is 5.73 Å². The maximum absolute atomic E-state index is 5.55. The van der Waals surface area contributed by atoms with Crippen LogP contribution in [0.15, 0.2) is 24.3 Å². The molecule has 0 aliphatic heterocycles. The van der Waals surface area contributed by atoms with Crippen LogP contribution in [0.1, 0.15) is 11.1 Å². The SMILES string of the molecule is C[N]([Hg])Cc1cccc(CN)c1. The molecule has 2 nitrogen and oxygen atoms in total. The van der Waals surface area contributed by atoms with E-state index in [1.165, 1.54) is 11.1 Å². The number of benzene rings is 1. The van der Waals surface area contributed by atoms with Crippen LogP contribution in [-0.2, 0) is 39.5 Å². The van der Waals surface area contributed by atoms with Gasteiger partial charge in [0.25, 0.3) is 0 Å². The Hall–Kier alpha value is 0.0751. The Bertz CT molecular complexity index is 248. The molecular formula is C9H13HgN2. The summed E-state index contributed by atoms with van der Waals surface area (Å²) in [4.78, 5) is 0. The molecule has 0 aromatic heterocycles. The van der Waals surface area contributed by atoms with E-state index in [0.717, 1.165) is 33.0 Å². The van der Waals surface area contributed by atoms with Gasteiger partial charge in [-0.05, 0) is 0 Å². The molecule has 0 spiro atoms. The molecule has 0 radical (unpaired) electrons. The summed E-state index contributed by atoms with van der Waals surface area (Å²) in [6.45, 7) is 1.71. The van der Waals surface area contributed by atoms with Crippen LogP contribution < -0.4 is 5.73 Å². The molecular weight excluding hydrogens is 337 g/mol. The fraction of sp³-hybridized carbons (Fsp3) is 0.333. The van der Waals surface area contributed by atoms with Crippen LogP contribution in [0.2, 0.25) is 0 Å². The summed E-state index contributed by atoms with van der Waals surface area (Å²) in [6.07, 6.45) is 0. The molecule has 61 valence electrons. The first-order valence-electron chi connectivity index (χ1n) is 4.02. The minimum absolute atomic E-state index is 0.642. The van der Waals surface area contributed by atoms with Crippen LogP contribution in [-0.4, -0.2) is 9.71 Å². The van der Waals surface area contributed by atoms with Gasteiger partial charge in [0.2, 0.25) is 0 Å². The Morgan fingerprint density at radius 1 is 1.42 bits per heavy atom. The fourth-order valence-electron chi connectivity index (χ4n) is 1.17. The van der Waals surface area contributed by atoms with Gasteiger partial charge in [-0.3, -0.25) is 0 Å². The van der Waals surface area contributed by atoms with Crippen molar-refractivity contribution >= 4 is 0 Å². The first kappa shape index (κ1) is 10.2. The van der Waals surface area contributed by atoms with Crippen molar-refractivity contribution in [3.05, 3.63) is 35.4 Å². The fourth-order valence-corrected chi connectivity index (χ4v) is 2.17. The Morgan fingerprint density at radius 2 is 2.08 bits per heavy atom. The second-order valence-electron chi connectivity index (χ2n) is 3.04. The van der Waals surface area contributed by atoms with E-state index in [2.05, 4.69) is 34.0 Å². The molecule has 0 saturated carbocycles. The molecule has 3 heteroatoms. The van der Waals surface area contributed by atoms with Crippen LogP contribution >= 0.6 is 0 Å². The second kappa shape index (κ2) is 4.95. The normalized spacial score (nSPS) is 10.8.